The van der Waals surface area contributed by atoms with E-state index < -0.39 is 23.1 Å². The van der Waals surface area contributed by atoms with E-state index in [1.807, 2.05) is 0 Å². The van der Waals surface area contributed by atoms with Crippen LogP contribution in [0.3, 0.4) is 0 Å². The molecule has 0 saturated carbocycles. The molecule has 0 radical (unpaired) electrons. The fraction of sp³-hybridized carbons (Fsp3) is 0.500. The molecule has 2 aliphatic heterocycles. The van der Waals surface area contributed by atoms with Crippen molar-refractivity contribution in [1.29, 1.82) is 0 Å². The summed E-state index contributed by atoms with van der Waals surface area (Å²) in [5.41, 5.74) is -0.0717. The summed E-state index contributed by atoms with van der Waals surface area (Å²) in [4.78, 5) is 27.2. The number of aliphatic hydroxyl groups is 1. The molecular weight excluding hydrogens is 334 g/mol. The number of aliphatic hydroxyl groups excluding tert-OH is 1. The van der Waals surface area contributed by atoms with Gasteiger partial charge in [0.05, 0.1) is 17.7 Å². The van der Waals surface area contributed by atoms with Crippen molar-refractivity contribution >= 4 is 11.7 Å². The third kappa shape index (κ3) is 3.33. The van der Waals surface area contributed by atoms with Crippen LogP contribution in [0.1, 0.15) is 45.2 Å². The highest BCUT2D eigenvalue weighted by Gasteiger charge is 2.46. The summed E-state index contributed by atoms with van der Waals surface area (Å²) in [6, 6.07) is 5.72. The predicted octanol–water partition coefficient (Wildman–Crippen LogP) is 2.88. The van der Waals surface area contributed by atoms with Gasteiger partial charge < -0.3 is 19.8 Å². The Labute approximate surface area is 153 Å². The van der Waals surface area contributed by atoms with Gasteiger partial charge in [-0.2, -0.15) is 0 Å². The number of benzene rings is 1. The van der Waals surface area contributed by atoms with Crippen LogP contribution in [-0.2, 0) is 14.3 Å². The van der Waals surface area contributed by atoms with Gasteiger partial charge in [0.1, 0.15) is 5.75 Å². The number of hydrogen-bond acceptors (Lipinski definition) is 5. The zero-order chi connectivity index (χ0) is 19.1. The van der Waals surface area contributed by atoms with E-state index >= 15 is 0 Å². The lowest BCUT2D eigenvalue weighted by Gasteiger charge is -2.30. The first-order valence-corrected chi connectivity index (χ1v) is 8.89. The smallest absolute Gasteiger partial charge is 0.290 e. The van der Waals surface area contributed by atoms with Crippen molar-refractivity contribution < 1.29 is 24.5 Å². The number of carbonyl (C=O) groups is 2. The van der Waals surface area contributed by atoms with Gasteiger partial charge in [-0.1, -0.05) is 32.9 Å². The minimum atomic E-state index is -0.751. The van der Waals surface area contributed by atoms with Crippen LogP contribution >= 0.6 is 0 Å². The van der Waals surface area contributed by atoms with Crippen LogP contribution in [0.4, 0.5) is 0 Å². The van der Waals surface area contributed by atoms with Gasteiger partial charge in [0.15, 0.2) is 11.5 Å². The van der Waals surface area contributed by atoms with E-state index in [0.29, 0.717) is 18.7 Å². The molecule has 1 amide bonds. The third-order valence-corrected chi connectivity index (χ3v) is 4.84. The molecule has 6 heteroatoms. The van der Waals surface area contributed by atoms with E-state index in [2.05, 4.69) is 0 Å². The number of aromatic hydroxyl groups is 1. The van der Waals surface area contributed by atoms with Gasteiger partial charge >= 0.3 is 0 Å². The first-order valence-electron chi connectivity index (χ1n) is 8.89. The molecule has 6 nitrogen and oxygen atoms in total. The summed E-state index contributed by atoms with van der Waals surface area (Å²) in [5, 5.41) is 20.4. The van der Waals surface area contributed by atoms with E-state index in [-0.39, 0.29) is 23.2 Å². The van der Waals surface area contributed by atoms with E-state index in [1.165, 1.54) is 17.0 Å². The Bertz CT molecular complexity index is 756. The fourth-order valence-corrected chi connectivity index (χ4v) is 3.53. The van der Waals surface area contributed by atoms with Crippen LogP contribution < -0.4 is 0 Å². The topological polar surface area (TPSA) is 87.1 Å². The number of ketones is 1. The van der Waals surface area contributed by atoms with E-state index in [9.17, 15) is 19.8 Å². The number of ether oxygens (including phenoxy) is 1. The zero-order valence-electron chi connectivity index (χ0n) is 15.4. The Morgan fingerprint density at radius 1 is 1.31 bits per heavy atom. The van der Waals surface area contributed by atoms with Crippen molar-refractivity contribution in [3.8, 4) is 5.75 Å². The molecule has 1 fully saturated rings. The number of amides is 1. The molecule has 2 heterocycles. The van der Waals surface area contributed by atoms with Gasteiger partial charge in [-0.05, 0) is 30.5 Å². The molecule has 26 heavy (non-hydrogen) atoms. The molecule has 2 N–H and O–H groups in total. The second-order valence-corrected chi connectivity index (χ2v) is 7.93. The van der Waals surface area contributed by atoms with Gasteiger partial charge in [-0.25, -0.2) is 0 Å². The van der Waals surface area contributed by atoms with Crippen molar-refractivity contribution in [2.45, 2.75) is 45.8 Å². The number of Topliss-reactive ketones (excluding diaryl/α,β-unsaturated/α-hetero) is 1. The minimum absolute atomic E-state index is 0.0426. The fourth-order valence-electron chi connectivity index (χ4n) is 3.53. The first-order chi connectivity index (χ1) is 12.2. The normalized spacial score (nSPS) is 23.8. The highest BCUT2D eigenvalue weighted by atomic mass is 16.5. The van der Waals surface area contributed by atoms with Crippen LogP contribution in [-0.4, -0.2) is 46.1 Å². The lowest BCUT2D eigenvalue weighted by Crippen LogP contribution is -2.38. The van der Waals surface area contributed by atoms with Crippen molar-refractivity contribution in [3.63, 3.8) is 0 Å². The lowest BCUT2D eigenvalue weighted by atomic mass is 9.82. The SMILES string of the molecule is CC(C)(C)C(=O)C1=C(O)C(=O)N(CC2CCCO2)C1c1cccc(O)c1. The molecular formula is C20H25NO5. The average Bonchev–Trinajstić information content (AvgIpc) is 3.16. The Morgan fingerprint density at radius 3 is 2.62 bits per heavy atom. The van der Waals surface area contributed by atoms with Crippen molar-refractivity contribution in [1.82, 2.24) is 4.90 Å². The highest BCUT2D eigenvalue weighted by Crippen LogP contribution is 2.42. The number of rotatable bonds is 4. The minimum Gasteiger partial charge on any atom is -0.508 e. The van der Waals surface area contributed by atoms with Gasteiger partial charge in [-0.3, -0.25) is 9.59 Å². The number of nitrogens with zero attached hydrogens (tertiary/aromatic N) is 1. The molecule has 140 valence electrons. The molecule has 1 aromatic rings. The Kier molecular flexibility index (Phi) is 4.80. The molecule has 1 saturated heterocycles. The molecule has 1 aromatic carbocycles. The predicted molar refractivity (Wildman–Crippen MR) is 95.7 cm³/mol. The van der Waals surface area contributed by atoms with Gasteiger partial charge in [-0.15, -0.1) is 0 Å². The second-order valence-electron chi connectivity index (χ2n) is 7.93. The quantitative estimate of drug-likeness (QED) is 0.863. The summed E-state index contributed by atoms with van der Waals surface area (Å²) in [6.45, 7) is 6.20. The Hall–Kier alpha value is -2.34. The summed E-state index contributed by atoms with van der Waals surface area (Å²) < 4.78 is 5.64. The van der Waals surface area contributed by atoms with E-state index in [1.54, 1.807) is 32.9 Å². The number of phenolic OH excluding ortho intramolecular Hbond substituents is 1. The van der Waals surface area contributed by atoms with Gasteiger partial charge in [0.2, 0.25) is 0 Å². The van der Waals surface area contributed by atoms with Gasteiger partial charge in [0.25, 0.3) is 5.91 Å². The zero-order valence-corrected chi connectivity index (χ0v) is 15.4. The third-order valence-electron chi connectivity index (χ3n) is 4.84. The number of phenols is 1. The summed E-state index contributed by atoms with van der Waals surface area (Å²) >= 11 is 0. The molecule has 0 bridgehead atoms. The number of carbonyl (C=O) groups excluding carboxylic acids is 2. The summed E-state index contributed by atoms with van der Waals surface area (Å²) in [7, 11) is 0. The largest absolute Gasteiger partial charge is 0.508 e. The van der Waals surface area contributed by atoms with Crippen LogP contribution in [0, 0.1) is 5.41 Å². The summed E-state index contributed by atoms with van der Waals surface area (Å²) in [6.07, 6.45) is 1.65. The molecule has 2 atom stereocenters. The lowest BCUT2D eigenvalue weighted by molar-refractivity contribution is -0.131. The Morgan fingerprint density at radius 2 is 2.04 bits per heavy atom. The maximum absolute atomic E-state index is 13.0. The molecule has 0 aliphatic carbocycles. The Balaban J connectivity index is 2.05. The molecule has 2 unspecified atom stereocenters. The standard InChI is InChI=1S/C20H25NO5/c1-20(2,3)18(24)15-16(12-6-4-7-13(22)10-12)21(19(25)17(15)23)11-14-8-5-9-26-14/h4,6-7,10,14,16,22-23H,5,8-9,11H2,1-3H3. The van der Waals surface area contributed by atoms with Crippen molar-refractivity contribution in [2.75, 3.05) is 13.2 Å². The molecule has 0 aromatic heterocycles. The van der Waals surface area contributed by atoms with Crippen LogP contribution in [0.15, 0.2) is 35.6 Å². The molecule has 3 rings (SSSR count). The molecule has 0 spiro atoms. The number of hydrogen-bond donors (Lipinski definition) is 2. The van der Waals surface area contributed by atoms with Crippen LogP contribution in [0.25, 0.3) is 0 Å². The van der Waals surface area contributed by atoms with E-state index in [4.69, 9.17) is 4.74 Å². The maximum Gasteiger partial charge on any atom is 0.290 e. The highest BCUT2D eigenvalue weighted by molar-refractivity contribution is 6.10. The maximum atomic E-state index is 13.0. The monoisotopic (exact) mass is 359 g/mol. The second kappa shape index (κ2) is 6.76. The van der Waals surface area contributed by atoms with Crippen LogP contribution in [0.5, 0.6) is 5.75 Å². The summed E-state index contributed by atoms with van der Waals surface area (Å²) in [5.74, 6) is -1.31. The van der Waals surface area contributed by atoms with Crippen LogP contribution in [0.2, 0.25) is 0 Å². The van der Waals surface area contributed by atoms with E-state index in [0.717, 1.165) is 12.8 Å². The first kappa shape index (κ1) is 18.5. The van der Waals surface area contributed by atoms with Gasteiger partial charge in [0, 0.05) is 18.6 Å². The average molecular weight is 359 g/mol. The van der Waals surface area contributed by atoms with Crippen molar-refractivity contribution in [2.24, 2.45) is 5.41 Å². The van der Waals surface area contributed by atoms with Crippen molar-refractivity contribution in [3.05, 3.63) is 41.2 Å². The molecule has 2 aliphatic rings.